The summed E-state index contributed by atoms with van der Waals surface area (Å²) in [5.74, 6) is 1.13. The van der Waals surface area contributed by atoms with E-state index >= 15 is 0 Å². The van der Waals surface area contributed by atoms with Gasteiger partial charge in [-0.05, 0) is 36.1 Å². The lowest BCUT2D eigenvalue weighted by molar-refractivity contribution is -0.900. The molecule has 0 saturated carbocycles. The highest BCUT2D eigenvalue weighted by Crippen LogP contribution is 2.43. The van der Waals surface area contributed by atoms with Crippen molar-refractivity contribution in [2.75, 3.05) is 40.0 Å². The molecule has 2 aliphatic heterocycles. The zero-order valence-corrected chi connectivity index (χ0v) is 17.3. The first-order chi connectivity index (χ1) is 14.7. The Labute approximate surface area is 177 Å². The van der Waals surface area contributed by atoms with Gasteiger partial charge in [-0.25, -0.2) is 5.01 Å². The highest BCUT2D eigenvalue weighted by molar-refractivity contribution is 6.06. The number of nitrogens with one attached hydrogen (secondary N) is 1. The summed E-state index contributed by atoms with van der Waals surface area (Å²) < 4.78 is 10.8. The average molecular weight is 407 g/mol. The van der Waals surface area contributed by atoms with Crippen molar-refractivity contribution >= 4 is 11.6 Å². The van der Waals surface area contributed by atoms with E-state index in [-0.39, 0.29) is 17.9 Å². The third-order valence-corrected chi connectivity index (χ3v) is 6.54. The predicted octanol–water partition coefficient (Wildman–Crippen LogP) is 1.46. The van der Waals surface area contributed by atoms with E-state index in [1.807, 2.05) is 12.1 Å². The Morgan fingerprint density at radius 1 is 1.17 bits per heavy atom. The van der Waals surface area contributed by atoms with E-state index in [9.17, 15) is 4.79 Å². The fourth-order valence-corrected chi connectivity index (χ4v) is 4.94. The van der Waals surface area contributed by atoms with Crippen molar-refractivity contribution in [3.63, 3.8) is 0 Å². The number of aryl methyl sites for hydroxylation is 1. The number of ether oxygens (including phenoxy) is 2. The molecule has 2 aromatic carbocycles. The number of benzene rings is 2. The lowest BCUT2D eigenvalue weighted by atomic mass is 9.77. The number of hydrogen-bond acceptors (Lipinski definition) is 4. The number of carbonyl (C=O) groups excluding carboxylic acids is 1. The second-order valence-electron chi connectivity index (χ2n) is 8.28. The van der Waals surface area contributed by atoms with E-state index < -0.39 is 0 Å². The second kappa shape index (κ2) is 8.20. The van der Waals surface area contributed by atoms with Crippen molar-refractivity contribution in [2.45, 2.75) is 18.9 Å². The number of hydrogen-bond donors (Lipinski definition) is 1. The number of nitrogens with zero attached hydrogens (tertiary/aromatic N) is 2. The third kappa shape index (κ3) is 3.50. The fraction of sp³-hybridized carbons (Fsp3) is 0.417. The quantitative estimate of drug-likeness (QED) is 0.837. The lowest BCUT2D eigenvalue weighted by Gasteiger charge is -2.30. The number of quaternary nitrogens is 1. The molecule has 3 aliphatic rings. The smallest absolute Gasteiger partial charge is 0.298 e. The van der Waals surface area contributed by atoms with Crippen LogP contribution in [0, 0.1) is 5.92 Å². The molecule has 0 aromatic heterocycles. The monoisotopic (exact) mass is 406 g/mol. The molecule has 5 rings (SSSR count). The molecule has 0 radical (unpaired) electrons. The van der Waals surface area contributed by atoms with Gasteiger partial charge in [0.1, 0.15) is 18.8 Å². The largest absolute Gasteiger partial charge is 0.497 e. The number of methoxy groups -OCH3 is 1. The maximum atomic E-state index is 13.4. The predicted molar refractivity (Wildman–Crippen MR) is 114 cm³/mol. The van der Waals surface area contributed by atoms with Crippen molar-refractivity contribution in [1.29, 1.82) is 0 Å². The molecule has 2 atom stereocenters. The molecular weight excluding hydrogens is 378 g/mol. The standard InChI is InChI=1S/C24H27N3O3/c1-29-19-9-6-18(7-10-19)24-21-11-8-17-4-2-3-5-20(17)23(21)25-27(24)22(28)16-26-12-14-30-15-13-26/h2-7,9-10,21,24H,8,11-16H2,1H3/p+1/t21-,24+/m0/s1. The zero-order chi connectivity index (χ0) is 20.5. The van der Waals surface area contributed by atoms with Gasteiger partial charge in [0.15, 0.2) is 6.54 Å². The van der Waals surface area contributed by atoms with Gasteiger partial charge in [0.05, 0.1) is 32.1 Å². The number of fused-ring (bicyclic) bond motifs is 3. The summed E-state index contributed by atoms with van der Waals surface area (Å²) in [5, 5.41) is 6.71. The number of morpholine rings is 1. The molecule has 30 heavy (non-hydrogen) atoms. The molecule has 0 unspecified atom stereocenters. The Morgan fingerprint density at radius 3 is 2.70 bits per heavy atom. The second-order valence-corrected chi connectivity index (χ2v) is 8.28. The maximum Gasteiger partial charge on any atom is 0.298 e. The summed E-state index contributed by atoms with van der Waals surface area (Å²) in [6.07, 6.45) is 2.02. The number of hydrazone groups is 1. The Kier molecular flexibility index (Phi) is 5.27. The molecule has 1 aliphatic carbocycles. The Hall–Kier alpha value is -2.70. The topological polar surface area (TPSA) is 55.6 Å². The molecular formula is C24H28N3O3+. The molecule has 1 amide bonds. The van der Waals surface area contributed by atoms with E-state index in [0.717, 1.165) is 56.2 Å². The molecule has 156 valence electrons. The van der Waals surface area contributed by atoms with Gasteiger partial charge in [-0.2, -0.15) is 5.10 Å². The number of rotatable bonds is 4. The summed E-state index contributed by atoms with van der Waals surface area (Å²) in [6, 6.07) is 16.5. The van der Waals surface area contributed by atoms with E-state index in [4.69, 9.17) is 14.6 Å². The Bertz CT molecular complexity index is 950. The summed E-state index contributed by atoms with van der Waals surface area (Å²) >= 11 is 0. The van der Waals surface area contributed by atoms with Gasteiger partial charge in [-0.1, -0.05) is 36.4 Å². The van der Waals surface area contributed by atoms with E-state index in [2.05, 4.69) is 36.4 Å². The maximum absolute atomic E-state index is 13.4. The molecule has 2 aromatic rings. The van der Waals surface area contributed by atoms with Crippen molar-refractivity contribution in [3.05, 3.63) is 65.2 Å². The van der Waals surface area contributed by atoms with Gasteiger partial charge in [-0.3, -0.25) is 4.79 Å². The van der Waals surface area contributed by atoms with Crippen LogP contribution in [0.25, 0.3) is 0 Å². The van der Waals surface area contributed by atoms with Crippen LogP contribution in [0.3, 0.4) is 0 Å². The zero-order valence-electron chi connectivity index (χ0n) is 17.3. The van der Waals surface area contributed by atoms with Crippen LogP contribution in [0.4, 0.5) is 0 Å². The van der Waals surface area contributed by atoms with Gasteiger partial charge < -0.3 is 14.4 Å². The van der Waals surface area contributed by atoms with Gasteiger partial charge in [0.2, 0.25) is 0 Å². The minimum atomic E-state index is -0.0628. The summed E-state index contributed by atoms with van der Waals surface area (Å²) in [6.45, 7) is 3.64. The van der Waals surface area contributed by atoms with Crippen LogP contribution in [0.15, 0.2) is 53.6 Å². The van der Waals surface area contributed by atoms with Crippen molar-refractivity contribution in [2.24, 2.45) is 11.0 Å². The van der Waals surface area contributed by atoms with Crippen LogP contribution >= 0.6 is 0 Å². The first kappa shape index (κ1) is 19.3. The molecule has 6 heteroatoms. The van der Waals surface area contributed by atoms with Crippen molar-refractivity contribution < 1.29 is 19.2 Å². The molecule has 0 spiro atoms. The van der Waals surface area contributed by atoms with Crippen LogP contribution in [-0.2, 0) is 16.0 Å². The molecule has 1 fully saturated rings. The van der Waals surface area contributed by atoms with Crippen molar-refractivity contribution in [1.82, 2.24) is 5.01 Å². The van der Waals surface area contributed by atoms with E-state index in [0.29, 0.717) is 6.54 Å². The third-order valence-electron chi connectivity index (χ3n) is 6.54. The number of amides is 1. The molecule has 0 bridgehead atoms. The van der Waals surface area contributed by atoms with Crippen molar-refractivity contribution in [3.8, 4) is 5.75 Å². The van der Waals surface area contributed by atoms with Crippen LogP contribution in [0.5, 0.6) is 5.75 Å². The van der Waals surface area contributed by atoms with Gasteiger partial charge >= 0.3 is 0 Å². The van der Waals surface area contributed by atoms with Gasteiger partial charge in [-0.15, -0.1) is 0 Å². The molecule has 2 heterocycles. The average Bonchev–Trinajstić information content (AvgIpc) is 3.20. The Morgan fingerprint density at radius 2 is 1.93 bits per heavy atom. The first-order valence-electron chi connectivity index (χ1n) is 10.8. The fourth-order valence-electron chi connectivity index (χ4n) is 4.94. The molecule has 6 nitrogen and oxygen atoms in total. The summed E-state index contributed by atoms with van der Waals surface area (Å²) in [4.78, 5) is 14.7. The molecule has 1 saturated heterocycles. The summed E-state index contributed by atoms with van der Waals surface area (Å²) in [7, 11) is 1.67. The van der Waals surface area contributed by atoms with Crippen LogP contribution in [0.1, 0.15) is 29.2 Å². The minimum absolute atomic E-state index is 0.0628. The lowest BCUT2D eigenvalue weighted by Crippen LogP contribution is -3.15. The van der Waals surface area contributed by atoms with E-state index in [1.165, 1.54) is 16.0 Å². The van der Waals surface area contributed by atoms with Gasteiger partial charge in [0.25, 0.3) is 5.91 Å². The molecule has 1 N–H and O–H groups in total. The normalized spacial score (nSPS) is 23.5. The highest BCUT2D eigenvalue weighted by Gasteiger charge is 2.44. The first-order valence-corrected chi connectivity index (χ1v) is 10.8. The summed E-state index contributed by atoms with van der Waals surface area (Å²) in [5.41, 5.74) is 4.70. The van der Waals surface area contributed by atoms with E-state index in [1.54, 1.807) is 12.1 Å². The number of carbonyl (C=O) groups is 1. The van der Waals surface area contributed by atoms with Crippen LogP contribution in [0.2, 0.25) is 0 Å². The van der Waals surface area contributed by atoms with Gasteiger partial charge in [0, 0.05) is 11.5 Å². The van der Waals surface area contributed by atoms with Crippen LogP contribution in [-0.4, -0.2) is 56.6 Å². The SMILES string of the molecule is COc1ccc([C@@H]2[C@H]3CCc4ccccc4C3=NN2C(=O)C[NH+]2CCOCC2)cc1. The Balaban J connectivity index is 1.49. The minimum Gasteiger partial charge on any atom is -0.497 e. The highest BCUT2D eigenvalue weighted by atomic mass is 16.5. The van der Waals surface area contributed by atoms with Crippen LogP contribution < -0.4 is 9.64 Å².